The summed E-state index contributed by atoms with van der Waals surface area (Å²) >= 11 is 0. The number of alkyl halides is 3. The Balaban J connectivity index is 2.65. The zero-order valence-electron chi connectivity index (χ0n) is 10.9. The van der Waals surface area contributed by atoms with Gasteiger partial charge < -0.3 is 15.2 Å². The van der Waals surface area contributed by atoms with E-state index in [0.717, 1.165) is 25.0 Å². The van der Waals surface area contributed by atoms with Crippen molar-refractivity contribution in [2.45, 2.75) is 38.6 Å². The second kappa shape index (κ2) is 7.02. The first kappa shape index (κ1) is 16.1. The fourth-order valence-corrected chi connectivity index (χ4v) is 1.62. The molecule has 112 valence electrons. The second-order valence-corrected chi connectivity index (χ2v) is 4.25. The molecule has 2 N–H and O–H groups in total. The van der Waals surface area contributed by atoms with E-state index in [1.807, 2.05) is 6.92 Å². The molecular formula is C13H16F3NO3. The number of hydrogen-bond donors (Lipinski definition) is 2. The average molecular weight is 291 g/mol. The van der Waals surface area contributed by atoms with Crippen LogP contribution < -0.4 is 10.1 Å². The van der Waals surface area contributed by atoms with Crippen LogP contribution in [-0.4, -0.2) is 23.5 Å². The van der Waals surface area contributed by atoms with Gasteiger partial charge in [0.05, 0.1) is 0 Å². The molecule has 1 aromatic carbocycles. The lowest BCUT2D eigenvalue weighted by molar-refractivity contribution is -0.274. The molecule has 1 rings (SSSR count). The van der Waals surface area contributed by atoms with E-state index in [1.165, 1.54) is 12.1 Å². The fourth-order valence-electron chi connectivity index (χ4n) is 1.62. The Bertz CT molecular complexity index is 431. The topological polar surface area (TPSA) is 58.6 Å². The van der Waals surface area contributed by atoms with Crippen molar-refractivity contribution in [1.82, 2.24) is 0 Å². The van der Waals surface area contributed by atoms with Gasteiger partial charge in [0.2, 0.25) is 0 Å². The van der Waals surface area contributed by atoms with Crippen LogP contribution in [0.4, 0.5) is 18.9 Å². The molecule has 0 saturated heterocycles. The summed E-state index contributed by atoms with van der Waals surface area (Å²) in [5.41, 5.74) is 0.433. The fraction of sp³-hybridized carbons (Fsp3) is 0.462. The molecule has 0 fully saturated rings. The molecule has 0 aromatic heterocycles. The Morgan fingerprint density at radius 3 is 2.40 bits per heavy atom. The molecule has 1 aromatic rings. The highest BCUT2D eigenvalue weighted by Crippen LogP contribution is 2.24. The van der Waals surface area contributed by atoms with Gasteiger partial charge in [-0.25, -0.2) is 4.79 Å². The van der Waals surface area contributed by atoms with Crippen molar-refractivity contribution in [2.24, 2.45) is 0 Å². The molecule has 0 aliphatic carbocycles. The number of nitrogens with one attached hydrogen (secondary N) is 1. The average Bonchev–Trinajstić information content (AvgIpc) is 2.34. The third-order valence-electron chi connectivity index (χ3n) is 2.57. The first-order valence-corrected chi connectivity index (χ1v) is 6.17. The van der Waals surface area contributed by atoms with E-state index < -0.39 is 18.4 Å². The molecule has 1 unspecified atom stereocenters. The van der Waals surface area contributed by atoms with Gasteiger partial charge in [-0.05, 0) is 30.7 Å². The number of hydrogen-bond acceptors (Lipinski definition) is 3. The highest BCUT2D eigenvalue weighted by atomic mass is 19.4. The van der Waals surface area contributed by atoms with Crippen LogP contribution in [0.3, 0.4) is 0 Å². The zero-order valence-corrected chi connectivity index (χ0v) is 10.9. The third-order valence-corrected chi connectivity index (χ3v) is 2.57. The first-order valence-electron chi connectivity index (χ1n) is 6.17. The number of anilines is 1. The molecule has 0 aliphatic heterocycles. The molecule has 0 bridgehead atoms. The Hall–Kier alpha value is -1.92. The summed E-state index contributed by atoms with van der Waals surface area (Å²) in [6.07, 6.45) is -2.67. The van der Waals surface area contributed by atoms with Gasteiger partial charge >= 0.3 is 12.3 Å². The maximum absolute atomic E-state index is 12.0. The van der Waals surface area contributed by atoms with Crippen molar-refractivity contribution in [3.63, 3.8) is 0 Å². The molecule has 0 saturated carbocycles. The summed E-state index contributed by atoms with van der Waals surface area (Å²) in [6, 6.07) is 4.21. The van der Waals surface area contributed by atoms with Crippen LogP contribution in [0.15, 0.2) is 24.3 Å². The molecule has 0 aliphatic rings. The lowest BCUT2D eigenvalue weighted by atomic mass is 10.1. The van der Waals surface area contributed by atoms with Crippen LogP contribution >= 0.6 is 0 Å². The van der Waals surface area contributed by atoms with Crippen molar-refractivity contribution in [2.75, 3.05) is 5.32 Å². The largest absolute Gasteiger partial charge is 0.573 e. The molecule has 1 atom stereocenters. The quantitative estimate of drug-likeness (QED) is 0.805. The van der Waals surface area contributed by atoms with Crippen molar-refractivity contribution < 1.29 is 27.8 Å². The predicted molar refractivity (Wildman–Crippen MR) is 67.7 cm³/mol. The lowest BCUT2D eigenvalue weighted by Crippen LogP contribution is -2.29. The smallest absolute Gasteiger partial charge is 0.480 e. The summed E-state index contributed by atoms with van der Waals surface area (Å²) in [6.45, 7) is 1.95. The predicted octanol–water partition coefficient (Wildman–Crippen LogP) is 3.64. The third kappa shape index (κ3) is 5.81. The minimum Gasteiger partial charge on any atom is -0.480 e. The van der Waals surface area contributed by atoms with Crippen molar-refractivity contribution in [1.29, 1.82) is 0 Å². The lowest BCUT2D eigenvalue weighted by Gasteiger charge is -2.16. The molecular weight excluding hydrogens is 275 g/mol. The van der Waals surface area contributed by atoms with Crippen LogP contribution in [0.1, 0.15) is 26.2 Å². The van der Waals surface area contributed by atoms with Gasteiger partial charge in [-0.3, -0.25) is 0 Å². The van der Waals surface area contributed by atoms with Crippen LogP contribution in [0, 0.1) is 0 Å². The van der Waals surface area contributed by atoms with Gasteiger partial charge in [-0.2, -0.15) is 0 Å². The standard InChI is InChI=1S/C13H16F3NO3/c1-2-3-4-11(12(18)19)17-9-5-7-10(8-6-9)20-13(14,15)16/h5-8,11,17H,2-4H2,1H3,(H,18,19). The van der Waals surface area contributed by atoms with Crippen LogP contribution in [0.2, 0.25) is 0 Å². The Morgan fingerprint density at radius 1 is 1.35 bits per heavy atom. The molecule has 0 spiro atoms. The maximum Gasteiger partial charge on any atom is 0.573 e. The van der Waals surface area contributed by atoms with Gasteiger partial charge in [-0.1, -0.05) is 19.8 Å². The number of carboxylic acid groups (broad SMARTS) is 1. The van der Waals surface area contributed by atoms with Gasteiger partial charge in [0.1, 0.15) is 11.8 Å². The monoisotopic (exact) mass is 291 g/mol. The van der Waals surface area contributed by atoms with E-state index in [0.29, 0.717) is 12.1 Å². The number of aliphatic carboxylic acids is 1. The number of unbranched alkanes of at least 4 members (excludes halogenated alkanes) is 1. The van der Waals surface area contributed by atoms with Gasteiger partial charge in [0, 0.05) is 5.69 Å². The Morgan fingerprint density at radius 2 is 1.95 bits per heavy atom. The number of benzene rings is 1. The molecule has 0 radical (unpaired) electrons. The summed E-state index contributed by atoms with van der Waals surface area (Å²) in [4.78, 5) is 11.0. The van der Waals surface area contributed by atoms with E-state index in [-0.39, 0.29) is 5.75 Å². The summed E-state index contributed by atoms with van der Waals surface area (Å²) in [5.74, 6) is -1.34. The normalized spacial score (nSPS) is 12.8. The van der Waals surface area contributed by atoms with E-state index in [4.69, 9.17) is 5.11 Å². The molecule has 0 amide bonds. The number of rotatable bonds is 7. The van der Waals surface area contributed by atoms with Gasteiger partial charge in [-0.15, -0.1) is 13.2 Å². The van der Waals surface area contributed by atoms with E-state index >= 15 is 0 Å². The van der Waals surface area contributed by atoms with Gasteiger partial charge in [0.25, 0.3) is 0 Å². The highest BCUT2D eigenvalue weighted by molar-refractivity contribution is 5.77. The molecule has 4 nitrogen and oxygen atoms in total. The van der Waals surface area contributed by atoms with Crippen LogP contribution in [-0.2, 0) is 4.79 Å². The maximum atomic E-state index is 12.0. The van der Waals surface area contributed by atoms with Crippen molar-refractivity contribution in [3.05, 3.63) is 24.3 Å². The Kier molecular flexibility index (Phi) is 5.66. The first-order chi connectivity index (χ1) is 9.31. The summed E-state index contributed by atoms with van der Waals surface area (Å²) in [5, 5.41) is 11.8. The molecule has 20 heavy (non-hydrogen) atoms. The van der Waals surface area contributed by atoms with Crippen molar-refractivity contribution in [3.8, 4) is 5.75 Å². The highest BCUT2D eigenvalue weighted by Gasteiger charge is 2.31. The molecule has 0 heterocycles. The van der Waals surface area contributed by atoms with Crippen molar-refractivity contribution >= 4 is 11.7 Å². The SMILES string of the molecule is CCCCC(Nc1ccc(OC(F)(F)F)cc1)C(=O)O. The summed E-state index contributed by atoms with van der Waals surface area (Å²) < 4.78 is 39.7. The minimum absolute atomic E-state index is 0.344. The van der Waals surface area contributed by atoms with E-state index in [9.17, 15) is 18.0 Å². The summed E-state index contributed by atoms with van der Waals surface area (Å²) in [7, 11) is 0. The number of carboxylic acids is 1. The number of carbonyl (C=O) groups is 1. The van der Waals surface area contributed by atoms with E-state index in [2.05, 4.69) is 10.1 Å². The Labute approximate surface area is 114 Å². The number of ether oxygens (including phenoxy) is 1. The minimum atomic E-state index is -4.74. The van der Waals surface area contributed by atoms with Crippen LogP contribution in [0.5, 0.6) is 5.75 Å². The second-order valence-electron chi connectivity index (χ2n) is 4.25. The zero-order chi connectivity index (χ0) is 15.2. The van der Waals surface area contributed by atoms with Gasteiger partial charge in [0.15, 0.2) is 0 Å². The number of halogens is 3. The van der Waals surface area contributed by atoms with Crippen LogP contribution in [0.25, 0.3) is 0 Å². The molecule has 7 heteroatoms. The van der Waals surface area contributed by atoms with E-state index in [1.54, 1.807) is 0 Å².